The number of oxime groups is 1. The van der Waals surface area contributed by atoms with Gasteiger partial charge in [0.25, 0.3) is 0 Å². The van der Waals surface area contributed by atoms with Crippen molar-refractivity contribution < 1.29 is 14.5 Å². The number of amidine groups is 1. The molecule has 0 radical (unpaired) electrons. The van der Waals surface area contributed by atoms with E-state index in [0.29, 0.717) is 31.7 Å². The van der Waals surface area contributed by atoms with Gasteiger partial charge in [0.15, 0.2) is 12.2 Å². The fourth-order valence-electron chi connectivity index (χ4n) is 1.58. The van der Waals surface area contributed by atoms with E-state index in [1.807, 2.05) is 0 Å². The maximum atomic E-state index is 11.8. The van der Waals surface area contributed by atoms with Crippen LogP contribution >= 0.6 is 0 Å². The Morgan fingerprint density at radius 1 is 1.71 bits per heavy atom. The molecule has 1 amide bonds. The molecule has 8 nitrogen and oxygen atoms in total. The van der Waals surface area contributed by atoms with Crippen molar-refractivity contribution in [3.8, 4) is 0 Å². The predicted molar refractivity (Wildman–Crippen MR) is 56.1 cm³/mol. The second-order valence-electron chi connectivity index (χ2n) is 3.91. The van der Waals surface area contributed by atoms with Crippen LogP contribution in [0.4, 0.5) is 0 Å². The Bertz CT molecular complexity index is 424. The summed E-state index contributed by atoms with van der Waals surface area (Å²) in [5.41, 5.74) is 4.66. The van der Waals surface area contributed by atoms with Gasteiger partial charge in [-0.1, -0.05) is 10.3 Å². The van der Waals surface area contributed by atoms with Gasteiger partial charge < -0.3 is 20.8 Å². The summed E-state index contributed by atoms with van der Waals surface area (Å²) in [6.07, 6.45) is 2.97. The molecule has 0 atom stereocenters. The van der Waals surface area contributed by atoms with Crippen molar-refractivity contribution in [2.45, 2.75) is 19.3 Å². The first-order valence-corrected chi connectivity index (χ1v) is 5.21. The minimum atomic E-state index is -0.816. The number of hydrogen-bond donors (Lipinski definition) is 3. The van der Waals surface area contributed by atoms with Gasteiger partial charge in [-0.2, -0.15) is 4.98 Å². The fourth-order valence-corrected chi connectivity index (χ4v) is 1.58. The number of carbonyl (C=O) groups is 1. The van der Waals surface area contributed by atoms with E-state index in [1.54, 1.807) is 0 Å². The highest BCUT2D eigenvalue weighted by Gasteiger charge is 2.54. The van der Waals surface area contributed by atoms with Crippen LogP contribution in [0.5, 0.6) is 0 Å². The van der Waals surface area contributed by atoms with Crippen molar-refractivity contribution in [1.82, 2.24) is 15.5 Å². The van der Waals surface area contributed by atoms with Gasteiger partial charge in [0.2, 0.25) is 11.8 Å². The van der Waals surface area contributed by atoms with Crippen LogP contribution in [0.1, 0.15) is 18.7 Å². The van der Waals surface area contributed by atoms with Gasteiger partial charge in [0.1, 0.15) is 5.41 Å². The molecule has 1 aliphatic rings. The van der Waals surface area contributed by atoms with Gasteiger partial charge in [0, 0.05) is 13.0 Å². The van der Waals surface area contributed by atoms with E-state index in [2.05, 4.69) is 20.6 Å². The highest BCUT2D eigenvalue weighted by Crippen LogP contribution is 2.45. The van der Waals surface area contributed by atoms with Gasteiger partial charge in [0.05, 0.1) is 0 Å². The zero-order valence-electron chi connectivity index (χ0n) is 9.09. The maximum absolute atomic E-state index is 11.8. The monoisotopic (exact) mass is 239 g/mol. The van der Waals surface area contributed by atoms with Crippen LogP contribution in [0, 0.1) is 5.41 Å². The zero-order valence-corrected chi connectivity index (χ0v) is 9.09. The Morgan fingerprint density at radius 2 is 2.47 bits per heavy atom. The summed E-state index contributed by atoms with van der Waals surface area (Å²) in [7, 11) is 0. The first kappa shape index (κ1) is 11.4. The molecule has 1 aromatic heterocycles. The van der Waals surface area contributed by atoms with Crippen LogP contribution in [-0.2, 0) is 11.2 Å². The Hall–Kier alpha value is -2.12. The molecule has 0 saturated heterocycles. The Labute approximate surface area is 96.9 Å². The number of amides is 1. The summed E-state index contributed by atoms with van der Waals surface area (Å²) in [6, 6.07) is 0. The molecule has 1 aromatic rings. The van der Waals surface area contributed by atoms with Crippen LogP contribution in [0.3, 0.4) is 0 Å². The number of rotatable bonds is 5. The summed E-state index contributed by atoms with van der Waals surface area (Å²) in [6.45, 7) is 0.376. The van der Waals surface area contributed by atoms with Crippen molar-refractivity contribution in [3.05, 3.63) is 12.2 Å². The van der Waals surface area contributed by atoms with Gasteiger partial charge in [-0.15, -0.1) is 0 Å². The number of nitrogens with zero attached hydrogens (tertiary/aromatic N) is 3. The van der Waals surface area contributed by atoms with Gasteiger partial charge >= 0.3 is 0 Å². The molecule has 0 unspecified atom stereocenters. The minimum Gasteiger partial charge on any atom is -0.409 e. The third kappa shape index (κ3) is 2.19. The summed E-state index contributed by atoms with van der Waals surface area (Å²) >= 11 is 0. The topological polar surface area (TPSA) is 127 Å². The van der Waals surface area contributed by atoms with Crippen molar-refractivity contribution in [3.63, 3.8) is 0 Å². The van der Waals surface area contributed by atoms with E-state index in [9.17, 15) is 4.79 Å². The number of carbonyl (C=O) groups excluding carboxylic acids is 1. The molecule has 8 heteroatoms. The third-order valence-electron chi connectivity index (χ3n) is 2.81. The summed E-state index contributed by atoms with van der Waals surface area (Å²) in [5, 5.41) is 17.6. The highest BCUT2D eigenvalue weighted by molar-refractivity contribution is 6.09. The first-order valence-electron chi connectivity index (χ1n) is 5.21. The lowest BCUT2D eigenvalue weighted by atomic mass is 10.1. The third-order valence-corrected chi connectivity index (χ3v) is 2.81. The zero-order chi connectivity index (χ0) is 12.3. The van der Waals surface area contributed by atoms with Gasteiger partial charge in [-0.25, -0.2) is 0 Å². The molecule has 92 valence electrons. The lowest BCUT2D eigenvalue weighted by Crippen LogP contribution is -2.41. The van der Waals surface area contributed by atoms with E-state index in [0.717, 1.165) is 0 Å². The Balaban J connectivity index is 1.82. The number of hydrogen-bond acceptors (Lipinski definition) is 6. The molecule has 17 heavy (non-hydrogen) atoms. The predicted octanol–water partition coefficient (Wildman–Crippen LogP) is -0.745. The minimum absolute atomic E-state index is 0.0345. The van der Waals surface area contributed by atoms with Crippen LogP contribution < -0.4 is 11.1 Å². The lowest BCUT2D eigenvalue weighted by molar-refractivity contribution is -0.124. The van der Waals surface area contributed by atoms with Gasteiger partial charge in [-0.3, -0.25) is 4.79 Å². The average molecular weight is 239 g/mol. The normalized spacial score (nSPS) is 17.8. The molecule has 0 bridgehead atoms. The van der Waals surface area contributed by atoms with Crippen LogP contribution in [0.15, 0.2) is 16.0 Å². The quantitative estimate of drug-likeness (QED) is 0.268. The van der Waals surface area contributed by atoms with Crippen LogP contribution in [-0.4, -0.2) is 33.6 Å². The largest absolute Gasteiger partial charge is 0.409 e. The van der Waals surface area contributed by atoms with Crippen LogP contribution in [0.2, 0.25) is 0 Å². The summed E-state index contributed by atoms with van der Waals surface area (Å²) < 4.78 is 4.78. The Kier molecular flexibility index (Phi) is 2.94. The van der Waals surface area contributed by atoms with Crippen molar-refractivity contribution >= 4 is 11.7 Å². The van der Waals surface area contributed by atoms with Crippen molar-refractivity contribution in [2.24, 2.45) is 16.3 Å². The second kappa shape index (κ2) is 4.40. The standard InChI is InChI=1S/C9H13N5O3/c10-7(14-16)9(2-3-9)8(15)11-4-1-6-12-5-13-17-6/h5,16H,1-4H2,(H2,10,14)(H,11,15). The molecule has 1 saturated carbocycles. The summed E-state index contributed by atoms with van der Waals surface area (Å²) in [4.78, 5) is 15.6. The molecule has 1 heterocycles. The van der Waals surface area contributed by atoms with E-state index >= 15 is 0 Å². The van der Waals surface area contributed by atoms with Gasteiger partial charge in [-0.05, 0) is 12.8 Å². The SMILES string of the molecule is NC(=NO)C1(C(=O)NCCc2ncno2)CC1. The van der Waals surface area contributed by atoms with E-state index in [-0.39, 0.29) is 11.7 Å². The molecule has 0 aliphatic heterocycles. The highest BCUT2D eigenvalue weighted by atomic mass is 16.5. The second-order valence-corrected chi connectivity index (χ2v) is 3.91. The summed E-state index contributed by atoms with van der Waals surface area (Å²) in [5.74, 6) is 0.194. The average Bonchev–Trinajstić information content (AvgIpc) is 3.00. The first-order chi connectivity index (χ1) is 8.19. The number of nitrogens with one attached hydrogen (secondary N) is 1. The molecule has 1 aliphatic carbocycles. The Morgan fingerprint density at radius 3 is 3.00 bits per heavy atom. The van der Waals surface area contributed by atoms with E-state index in [4.69, 9.17) is 15.5 Å². The smallest absolute Gasteiger partial charge is 0.233 e. The van der Waals surface area contributed by atoms with E-state index < -0.39 is 5.41 Å². The van der Waals surface area contributed by atoms with Crippen molar-refractivity contribution in [1.29, 1.82) is 0 Å². The van der Waals surface area contributed by atoms with Crippen LogP contribution in [0.25, 0.3) is 0 Å². The number of aromatic nitrogens is 2. The molecular formula is C9H13N5O3. The number of nitrogens with two attached hydrogens (primary N) is 1. The molecule has 0 spiro atoms. The molecule has 4 N–H and O–H groups in total. The fraction of sp³-hybridized carbons (Fsp3) is 0.556. The van der Waals surface area contributed by atoms with Crippen molar-refractivity contribution in [2.75, 3.05) is 6.54 Å². The molecule has 2 rings (SSSR count). The maximum Gasteiger partial charge on any atom is 0.233 e. The molecular weight excluding hydrogens is 226 g/mol. The molecule has 0 aromatic carbocycles. The molecule has 1 fully saturated rings. The lowest BCUT2D eigenvalue weighted by Gasteiger charge is -2.12. The van der Waals surface area contributed by atoms with E-state index in [1.165, 1.54) is 6.33 Å².